The molecule has 0 radical (unpaired) electrons. The molecule has 0 bridgehead atoms. The molecule has 5 heteroatoms. The van der Waals surface area contributed by atoms with Crippen LogP contribution in [0.25, 0.3) is 0 Å². The summed E-state index contributed by atoms with van der Waals surface area (Å²) in [5, 5.41) is 4.03. The normalized spacial score (nSPS) is 15.0. The van der Waals surface area contributed by atoms with E-state index in [1.165, 1.54) is 0 Å². The van der Waals surface area contributed by atoms with E-state index in [0.717, 1.165) is 18.7 Å². The Hall–Kier alpha value is -0.940. The molecule has 0 saturated carbocycles. The van der Waals surface area contributed by atoms with E-state index >= 15 is 0 Å². The molecule has 0 aliphatic carbocycles. The number of ether oxygens (including phenoxy) is 1. The van der Waals surface area contributed by atoms with Gasteiger partial charge >= 0.3 is 0 Å². The lowest BCUT2D eigenvalue weighted by atomic mass is 10.0. The Kier molecular flexibility index (Phi) is 5.42. The number of hydrogen-bond donors (Lipinski definition) is 1. The van der Waals surface area contributed by atoms with Crippen LogP contribution in [-0.2, 0) is 18.2 Å². The molecule has 0 fully saturated rings. The number of nitrogens with two attached hydrogens (primary N) is 1. The van der Waals surface area contributed by atoms with Gasteiger partial charge in [-0.15, -0.1) is 0 Å². The molecule has 1 aromatic heterocycles. The van der Waals surface area contributed by atoms with Crippen LogP contribution in [0.1, 0.15) is 32.5 Å². The second kappa shape index (κ2) is 6.60. The summed E-state index contributed by atoms with van der Waals surface area (Å²) < 4.78 is 7.41. The minimum atomic E-state index is -0.0113. The van der Waals surface area contributed by atoms with E-state index in [9.17, 15) is 0 Å². The van der Waals surface area contributed by atoms with E-state index in [-0.39, 0.29) is 12.1 Å². The van der Waals surface area contributed by atoms with Gasteiger partial charge < -0.3 is 10.5 Å². The number of rotatable bonds is 7. The molecule has 0 aliphatic heterocycles. The number of hydrogen-bond acceptors (Lipinski definition) is 4. The van der Waals surface area contributed by atoms with Crippen LogP contribution in [-0.4, -0.2) is 33.5 Å². The molecule has 2 atom stereocenters. The van der Waals surface area contributed by atoms with Crippen LogP contribution >= 0.6 is 0 Å². The maximum absolute atomic E-state index is 6.14. The summed E-state index contributed by atoms with van der Waals surface area (Å²) in [6, 6.07) is -0.0113. The molecule has 2 unspecified atom stereocenters. The van der Waals surface area contributed by atoms with Crippen LogP contribution in [0, 0.1) is 0 Å². The Morgan fingerprint density at radius 3 is 2.75 bits per heavy atom. The van der Waals surface area contributed by atoms with Crippen molar-refractivity contribution in [2.45, 2.75) is 45.3 Å². The van der Waals surface area contributed by atoms with Crippen LogP contribution in [0.15, 0.2) is 6.33 Å². The number of aryl methyl sites for hydroxylation is 1. The van der Waals surface area contributed by atoms with Gasteiger partial charge in [0, 0.05) is 26.1 Å². The lowest BCUT2D eigenvalue weighted by Gasteiger charge is -2.22. The van der Waals surface area contributed by atoms with Gasteiger partial charge in [-0.3, -0.25) is 4.68 Å². The van der Waals surface area contributed by atoms with Crippen molar-refractivity contribution in [2.24, 2.45) is 12.8 Å². The molecule has 16 heavy (non-hydrogen) atoms. The maximum atomic E-state index is 6.14. The predicted octanol–water partition coefficient (Wildman–Crippen LogP) is 0.890. The fourth-order valence-electron chi connectivity index (χ4n) is 1.77. The molecule has 1 aromatic rings. The summed E-state index contributed by atoms with van der Waals surface area (Å²) >= 11 is 0. The van der Waals surface area contributed by atoms with Crippen molar-refractivity contribution in [2.75, 3.05) is 6.61 Å². The first-order valence-electron chi connectivity index (χ1n) is 5.89. The third kappa shape index (κ3) is 3.57. The monoisotopic (exact) mass is 226 g/mol. The number of aromatic nitrogens is 3. The van der Waals surface area contributed by atoms with Gasteiger partial charge in [-0.2, -0.15) is 5.10 Å². The van der Waals surface area contributed by atoms with E-state index in [1.807, 2.05) is 14.0 Å². The fourth-order valence-corrected chi connectivity index (χ4v) is 1.77. The second-order valence-corrected chi connectivity index (χ2v) is 3.95. The summed E-state index contributed by atoms with van der Waals surface area (Å²) in [6.07, 6.45) is 4.45. The molecule has 0 saturated heterocycles. The van der Waals surface area contributed by atoms with Crippen LogP contribution in [0.4, 0.5) is 0 Å². The number of nitrogens with zero attached hydrogens (tertiary/aromatic N) is 3. The summed E-state index contributed by atoms with van der Waals surface area (Å²) in [6.45, 7) is 4.84. The van der Waals surface area contributed by atoms with Crippen molar-refractivity contribution < 1.29 is 4.74 Å². The molecule has 0 spiro atoms. The van der Waals surface area contributed by atoms with Gasteiger partial charge in [0.1, 0.15) is 12.2 Å². The molecular formula is C11H22N4O. The van der Waals surface area contributed by atoms with Crippen molar-refractivity contribution in [3.8, 4) is 0 Å². The van der Waals surface area contributed by atoms with E-state index in [0.29, 0.717) is 13.0 Å². The van der Waals surface area contributed by atoms with E-state index in [4.69, 9.17) is 10.5 Å². The van der Waals surface area contributed by atoms with Gasteiger partial charge in [0.25, 0.3) is 0 Å². The lowest BCUT2D eigenvalue weighted by molar-refractivity contribution is 0.0372. The first-order chi connectivity index (χ1) is 7.69. The second-order valence-electron chi connectivity index (χ2n) is 3.95. The van der Waals surface area contributed by atoms with Gasteiger partial charge in [0.15, 0.2) is 0 Å². The predicted molar refractivity (Wildman–Crippen MR) is 63.0 cm³/mol. The average Bonchev–Trinajstić information content (AvgIpc) is 2.64. The van der Waals surface area contributed by atoms with Crippen molar-refractivity contribution in [3.05, 3.63) is 12.2 Å². The van der Waals surface area contributed by atoms with Gasteiger partial charge in [-0.25, -0.2) is 4.98 Å². The highest BCUT2D eigenvalue weighted by Gasteiger charge is 2.19. The largest absolute Gasteiger partial charge is 0.377 e. The minimum Gasteiger partial charge on any atom is -0.377 e. The Bertz CT molecular complexity index is 294. The van der Waals surface area contributed by atoms with E-state index in [2.05, 4.69) is 17.0 Å². The van der Waals surface area contributed by atoms with Crippen molar-refractivity contribution in [1.82, 2.24) is 14.8 Å². The Balaban J connectivity index is 2.54. The Morgan fingerprint density at radius 1 is 1.50 bits per heavy atom. The molecule has 5 nitrogen and oxygen atoms in total. The highest BCUT2D eigenvalue weighted by atomic mass is 16.5. The summed E-state index contributed by atoms with van der Waals surface area (Å²) in [7, 11) is 1.88. The smallest absolute Gasteiger partial charge is 0.138 e. The molecule has 2 N–H and O–H groups in total. The van der Waals surface area contributed by atoms with Crippen molar-refractivity contribution >= 4 is 0 Å². The van der Waals surface area contributed by atoms with Crippen molar-refractivity contribution in [3.63, 3.8) is 0 Å². The van der Waals surface area contributed by atoms with E-state index in [1.54, 1.807) is 11.0 Å². The molecule has 1 heterocycles. The molecule has 1 rings (SSSR count). The van der Waals surface area contributed by atoms with Crippen LogP contribution < -0.4 is 5.73 Å². The quantitative estimate of drug-likeness (QED) is 0.750. The van der Waals surface area contributed by atoms with Gasteiger partial charge in [0.05, 0.1) is 6.10 Å². The molecule has 0 aromatic carbocycles. The third-order valence-electron chi connectivity index (χ3n) is 2.65. The summed E-state index contributed by atoms with van der Waals surface area (Å²) in [4.78, 5) is 4.17. The van der Waals surface area contributed by atoms with Gasteiger partial charge in [-0.05, 0) is 13.3 Å². The van der Waals surface area contributed by atoms with E-state index < -0.39 is 0 Å². The zero-order valence-corrected chi connectivity index (χ0v) is 10.4. The average molecular weight is 226 g/mol. The fraction of sp³-hybridized carbons (Fsp3) is 0.818. The lowest BCUT2D eigenvalue weighted by Crippen LogP contribution is -2.39. The first-order valence-corrected chi connectivity index (χ1v) is 5.89. The summed E-state index contributed by atoms with van der Waals surface area (Å²) in [5.41, 5.74) is 6.14. The molecule has 92 valence electrons. The highest BCUT2D eigenvalue weighted by Crippen LogP contribution is 2.09. The maximum Gasteiger partial charge on any atom is 0.138 e. The van der Waals surface area contributed by atoms with Crippen molar-refractivity contribution in [1.29, 1.82) is 0 Å². The SMILES string of the molecule is CCCC(OCC)C(N)Cc1ncnn1C. The minimum absolute atomic E-state index is 0.0113. The zero-order chi connectivity index (χ0) is 12.0. The standard InChI is InChI=1S/C11H22N4O/c1-4-6-10(16-5-2)9(12)7-11-13-8-14-15(11)3/h8-10H,4-7,12H2,1-3H3. The van der Waals surface area contributed by atoms with Crippen LogP contribution in [0.5, 0.6) is 0 Å². The molecular weight excluding hydrogens is 204 g/mol. The third-order valence-corrected chi connectivity index (χ3v) is 2.65. The summed E-state index contributed by atoms with van der Waals surface area (Å²) in [5.74, 6) is 0.910. The Morgan fingerprint density at radius 2 is 2.25 bits per heavy atom. The highest BCUT2D eigenvalue weighted by molar-refractivity contribution is 4.90. The van der Waals surface area contributed by atoms with Gasteiger partial charge in [-0.1, -0.05) is 13.3 Å². The Labute approximate surface area is 97.0 Å². The topological polar surface area (TPSA) is 66.0 Å². The first kappa shape index (κ1) is 13.1. The zero-order valence-electron chi connectivity index (χ0n) is 10.4. The van der Waals surface area contributed by atoms with Crippen LogP contribution in [0.3, 0.4) is 0 Å². The van der Waals surface area contributed by atoms with Gasteiger partial charge in [0.2, 0.25) is 0 Å². The molecule has 0 amide bonds. The van der Waals surface area contributed by atoms with Crippen LogP contribution in [0.2, 0.25) is 0 Å². The molecule has 0 aliphatic rings.